The zero-order valence-electron chi connectivity index (χ0n) is 14.5. The van der Waals surface area contributed by atoms with Crippen LogP contribution in [-0.2, 0) is 6.42 Å². The zero-order valence-corrected chi connectivity index (χ0v) is 14.5. The van der Waals surface area contributed by atoms with E-state index >= 15 is 0 Å². The summed E-state index contributed by atoms with van der Waals surface area (Å²) in [5, 5.41) is 5.59. The SMILES string of the molecule is COc1ccc(NC(=O)NCCc2cnc(-c3ccccc3)nc2)cc1. The molecule has 0 unspecified atom stereocenters. The summed E-state index contributed by atoms with van der Waals surface area (Å²) in [5.41, 5.74) is 2.66. The molecule has 2 amide bonds. The number of nitrogens with zero attached hydrogens (tertiary/aromatic N) is 2. The molecule has 0 fully saturated rings. The van der Waals surface area contributed by atoms with Crippen LogP contribution in [0.25, 0.3) is 11.4 Å². The van der Waals surface area contributed by atoms with Crippen LogP contribution >= 0.6 is 0 Å². The van der Waals surface area contributed by atoms with Crippen molar-refractivity contribution in [1.82, 2.24) is 15.3 Å². The van der Waals surface area contributed by atoms with Crippen molar-refractivity contribution in [2.24, 2.45) is 0 Å². The highest BCUT2D eigenvalue weighted by molar-refractivity contribution is 5.89. The largest absolute Gasteiger partial charge is 0.497 e. The molecular formula is C20H20N4O2. The molecule has 0 atom stereocenters. The number of carbonyl (C=O) groups excluding carboxylic acids is 1. The van der Waals surface area contributed by atoms with E-state index in [1.165, 1.54) is 0 Å². The predicted octanol–water partition coefficient (Wildman–Crippen LogP) is 3.52. The van der Waals surface area contributed by atoms with Gasteiger partial charge < -0.3 is 15.4 Å². The van der Waals surface area contributed by atoms with Crippen molar-refractivity contribution in [2.75, 3.05) is 19.0 Å². The van der Waals surface area contributed by atoms with E-state index < -0.39 is 0 Å². The fourth-order valence-corrected chi connectivity index (χ4v) is 2.39. The Morgan fingerprint density at radius 3 is 2.35 bits per heavy atom. The van der Waals surface area contributed by atoms with Crippen molar-refractivity contribution in [3.8, 4) is 17.1 Å². The standard InChI is InChI=1S/C20H20N4O2/c1-26-18-9-7-17(8-10-18)24-20(25)21-12-11-15-13-22-19(23-14-15)16-5-3-2-4-6-16/h2-10,13-14H,11-12H2,1H3,(H2,21,24,25). The molecule has 6 nitrogen and oxygen atoms in total. The Balaban J connectivity index is 1.46. The highest BCUT2D eigenvalue weighted by Gasteiger charge is 2.03. The molecule has 0 aliphatic rings. The van der Waals surface area contributed by atoms with E-state index in [-0.39, 0.29) is 6.03 Å². The van der Waals surface area contributed by atoms with E-state index in [4.69, 9.17) is 4.74 Å². The highest BCUT2D eigenvalue weighted by Crippen LogP contribution is 2.15. The first-order chi connectivity index (χ1) is 12.7. The van der Waals surface area contributed by atoms with Crippen LogP contribution in [0, 0.1) is 0 Å². The van der Waals surface area contributed by atoms with Gasteiger partial charge in [0.15, 0.2) is 5.82 Å². The first-order valence-electron chi connectivity index (χ1n) is 8.30. The molecule has 6 heteroatoms. The molecule has 3 rings (SSSR count). The average molecular weight is 348 g/mol. The Morgan fingerprint density at radius 2 is 1.69 bits per heavy atom. The van der Waals surface area contributed by atoms with Crippen LogP contribution in [0.3, 0.4) is 0 Å². The number of hydrogen-bond acceptors (Lipinski definition) is 4. The van der Waals surface area contributed by atoms with E-state index in [9.17, 15) is 4.79 Å². The van der Waals surface area contributed by atoms with Gasteiger partial charge in [0, 0.05) is 30.2 Å². The number of hydrogen-bond donors (Lipinski definition) is 2. The van der Waals surface area contributed by atoms with Crippen LogP contribution in [0.1, 0.15) is 5.56 Å². The van der Waals surface area contributed by atoms with Crippen molar-refractivity contribution in [3.63, 3.8) is 0 Å². The van der Waals surface area contributed by atoms with Crippen LogP contribution in [0.2, 0.25) is 0 Å². The van der Waals surface area contributed by atoms with Gasteiger partial charge in [-0.2, -0.15) is 0 Å². The van der Waals surface area contributed by atoms with Gasteiger partial charge >= 0.3 is 6.03 Å². The molecule has 0 saturated carbocycles. The molecule has 0 aliphatic carbocycles. The van der Waals surface area contributed by atoms with Gasteiger partial charge in [0.1, 0.15) is 5.75 Å². The van der Waals surface area contributed by atoms with Crippen molar-refractivity contribution in [1.29, 1.82) is 0 Å². The van der Waals surface area contributed by atoms with Gasteiger partial charge in [0.2, 0.25) is 0 Å². The van der Waals surface area contributed by atoms with Gasteiger partial charge in [-0.3, -0.25) is 0 Å². The number of urea groups is 1. The quantitative estimate of drug-likeness (QED) is 0.715. The smallest absolute Gasteiger partial charge is 0.319 e. The third-order valence-corrected chi connectivity index (χ3v) is 3.78. The van der Waals surface area contributed by atoms with Crippen LogP contribution in [-0.4, -0.2) is 29.7 Å². The second kappa shape index (κ2) is 8.62. The summed E-state index contributed by atoms with van der Waals surface area (Å²) in [6.45, 7) is 0.496. The van der Waals surface area contributed by atoms with Crippen LogP contribution in [0.15, 0.2) is 67.0 Å². The van der Waals surface area contributed by atoms with Gasteiger partial charge in [0.05, 0.1) is 7.11 Å². The summed E-state index contributed by atoms with van der Waals surface area (Å²) >= 11 is 0. The number of aromatic nitrogens is 2. The number of amides is 2. The van der Waals surface area contributed by atoms with E-state index in [0.717, 1.165) is 16.9 Å². The molecule has 26 heavy (non-hydrogen) atoms. The molecule has 0 saturated heterocycles. The minimum Gasteiger partial charge on any atom is -0.497 e. The molecule has 2 N–H and O–H groups in total. The van der Waals surface area contributed by atoms with E-state index in [0.29, 0.717) is 24.5 Å². The molecule has 3 aromatic rings. The lowest BCUT2D eigenvalue weighted by atomic mass is 10.2. The molecule has 0 bridgehead atoms. The molecular weight excluding hydrogens is 328 g/mol. The third kappa shape index (κ3) is 4.80. The van der Waals surface area contributed by atoms with Gasteiger partial charge in [-0.1, -0.05) is 30.3 Å². The number of anilines is 1. The molecule has 1 aromatic heterocycles. The lowest BCUT2D eigenvalue weighted by molar-refractivity contribution is 0.252. The van der Waals surface area contributed by atoms with Gasteiger partial charge in [-0.05, 0) is 36.2 Å². The predicted molar refractivity (Wildman–Crippen MR) is 101 cm³/mol. The number of nitrogens with one attached hydrogen (secondary N) is 2. The Hall–Kier alpha value is -3.41. The maximum absolute atomic E-state index is 11.9. The summed E-state index contributed by atoms with van der Waals surface area (Å²) in [5.74, 6) is 1.44. The number of methoxy groups -OCH3 is 1. The van der Waals surface area contributed by atoms with Gasteiger partial charge in [-0.25, -0.2) is 14.8 Å². The lowest BCUT2D eigenvalue weighted by Crippen LogP contribution is -2.30. The van der Waals surface area contributed by atoms with E-state index in [1.54, 1.807) is 43.8 Å². The Labute approximate surface area is 152 Å². The molecule has 132 valence electrons. The maximum Gasteiger partial charge on any atom is 0.319 e. The molecule has 1 heterocycles. The van der Waals surface area contributed by atoms with Crippen LogP contribution in [0.5, 0.6) is 5.75 Å². The first kappa shape index (κ1) is 17.4. The Bertz CT molecular complexity index is 834. The van der Waals surface area contributed by atoms with Gasteiger partial charge in [0.25, 0.3) is 0 Å². The summed E-state index contributed by atoms with van der Waals surface area (Å²) < 4.78 is 5.08. The monoisotopic (exact) mass is 348 g/mol. The van der Waals surface area contributed by atoms with Crippen LogP contribution in [0.4, 0.5) is 10.5 Å². The lowest BCUT2D eigenvalue weighted by Gasteiger charge is -2.08. The zero-order chi connectivity index (χ0) is 18.2. The van der Waals surface area contributed by atoms with E-state index in [2.05, 4.69) is 20.6 Å². The Morgan fingerprint density at radius 1 is 1.00 bits per heavy atom. The van der Waals surface area contributed by atoms with E-state index in [1.807, 2.05) is 30.3 Å². The molecule has 2 aromatic carbocycles. The van der Waals surface area contributed by atoms with Crippen molar-refractivity contribution < 1.29 is 9.53 Å². The normalized spacial score (nSPS) is 10.2. The summed E-state index contributed by atoms with van der Waals surface area (Å²) in [4.78, 5) is 20.7. The summed E-state index contributed by atoms with van der Waals surface area (Å²) in [6, 6.07) is 16.7. The van der Waals surface area contributed by atoms with Gasteiger partial charge in [-0.15, -0.1) is 0 Å². The fourth-order valence-electron chi connectivity index (χ4n) is 2.39. The summed E-state index contributed by atoms with van der Waals surface area (Å²) in [6.07, 6.45) is 4.24. The number of ether oxygens (including phenoxy) is 1. The highest BCUT2D eigenvalue weighted by atomic mass is 16.5. The van der Waals surface area contributed by atoms with Crippen molar-refractivity contribution in [2.45, 2.75) is 6.42 Å². The molecule has 0 radical (unpaired) electrons. The topological polar surface area (TPSA) is 76.1 Å². The molecule has 0 aliphatic heterocycles. The number of carbonyl (C=O) groups is 1. The average Bonchev–Trinajstić information content (AvgIpc) is 2.70. The first-order valence-corrected chi connectivity index (χ1v) is 8.30. The summed E-state index contributed by atoms with van der Waals surface area (Å²) in [7, 11) is 1.60. The Kier molecular flexibility index (Phi) is 5.77. The fraction of sp³-hybridized carbons (Fsp3) is 0.150. The second-order valence-electron chi connectivity index (χ2n) is 5.64. The third-order valence-electron chi connectivity index (χ3n) is 3.78. The second-order valence-corrected chi connectivity index (χ2v) is 5.64. The van der Waals surface area contributed by atoms with Crippen LogP contribution < -0.4 is 15.4 Å². The number of rotatable bonds is 6. The maximum atomic E-state index is 11.9. The molecule has 0 spiro atoms. The minimum atomic E-state index is -0.253. The van der Waals surface area contributed by atoms with Crippen molar-refractivity contribution in [3.05, 3.63) is 72.6 Å². The number of benzene rings is 2. The van der Waals surface area contributed by atoms with Crippen molar-refractivity contribution >= 4 is 11.7 Å². The minimum absolute atomic E-state index is 0.253.